The molecule has 1 aliphatic rings. The summed E-state index contributed by atoms with van der Waals surface area (Å²) in [6, 6.07) is 18.7. The van der Waals surface area contributed by atoms with Gasteiger partial charge in [0.15, 0.2) is 5.78 Å². The fourth-order valence-electron chi connectivity index (χ4n) is 4.10. The number of amides is 1. The van der Waals surface area contributed by atoms with Crippen molar-refractivity contribution in [2.45, 2.75) is 19.3 Å². The highest BCUT2D eigenvalue weighted by molar-refractivity contribution is 6.10. The molecular weight excluding hydrogens is 416 g/mol. The van der Waals surface area contributed by atoms with Gasteiger partial charge in [-0.2, -0.15) is 0 Å². The Morgan fingerprint density at radius 1 is 0.970 bits per heavy atom. The highest BCUT2D eigenvalue weighted by Crippen LogP contribution is 2.26. The van der Waals surface area contributed by atoms with Crippen molar-refractivity contribution < 1.29 is 19.1 Å². The van der Waals surface area contributed by atoms with Crippen molar-refractivity contribution in [1.29, 1.82) is 0 Å². The lowest BCUT2D eigenvalue weighted by molar-refractivity contribution is 0.0371. The molecule has 0 unspecified atom stereocenters. The Morgan fingerprint density at radius 2 is 1.76 bits per heavy atom. The summed E-state index contributed by atoms with van der Waals surface area (Å²) in [5, 5.41) is 4.99. The Labute approximate surface area is 194 Å². The smallest absolute Gasteiger partial charge is 0.255 e. The Hall–Kier alpha value is -3.22. The molecule has 3 aromatic rings. The number of carbonyl (C=O) groups excluding carboxylic acids is 2. The van der Waals surface area contributed by atoms with E-state index in [4.69, 9.17) is 9.47 Å². The molecule has 0 bridgehead atoms. The van der Waals surface area contributed by atoms with Gasteiger partial charge in [0.05, 0.1) is 26.0 Å². The Bertz CT molecular complexity index is 1120. The third kappa shape index (κ3) is 5.97. The van der Waals surface area contributed by atoms with Gasteiger partial charge in [-0.3, -0.25) is 14.5 Å². The Morgan fingerprint density at radius 3 is 2.55 bits per heavy atom. The van der Waals surface area contributed by atoms with E-state index in [-0.39, 0.29) is 11.7 Å². The van der Waals surface area contributed by atoms with Crippen LogP contribution in [0.5, 0.6) is 5.75 Å². The second kappa shape index (κ2) is 11.1. The average Bonchev–Trinajstić information content (AvgIpc) is 2.86. The van der Waals surface area contributed by atoms with Gasteiger partial charge in [-0.05, 0) is 54.4 Å². The average molecular weight is 447 g/mol. The van der Waals surface area contributed by atoms with Gasteiger partial charge >= 0.3 is 0 Å². The maximum atomic E-state index is 13.0. The summed E-state index contributed by atoms with van der Waals surface area (Å²) in [5.74, 6) is 0.358. The number of unbranched alkanes of at least 4 members (excludes halogenated alkanes) is 1. The maximum absolute atomic E-state index is 13.0. The third-order valence-electron chi connectivity index (χ3n) is 6.02. The molecule has 0 aromatic heterocycles. The predicted molar refractivity (Wildman–Crippen MR) is 130 cm³/mol. The molecule has 1 saturated heterocycles. The van der Waals surface area contributed by atoms with Gasteiger partial charge in [-0.25, -0.2) is 0 Å². The van der Waals surface area contributed by atoms with E-state index < -0.39 is 0 Å². The number of rotatable bonds is 9. The van der Waals surface area contributed by atoms with Crippen molar-refractivity contribution in [1.82, 2.24) is 4.90 Å². The van der Waals surface area contributed by atoms with Crippen LogP contribution in [0.3, 0.4) is 0 Å². The number of ketones is 1. The summed E-state index contributed by atoms with van der Waals surface area (Å²) in [6.07, 6.45) is 2.20. The SMILES string of the molecule is COc1ccc(C(=O)CCCCN2CCOCC2)c(NC(=O)c2ccc3ccccc3c2)c1. The first kappa shape index (κ1) is 23.0. The molecule has 0 atom stereocenters. The van der Waals surface area contributed by atoms with E-state index in [1.165, 1.54) is 0 Å². The summed E-state index contributed by atoms with van der Waals surface area (Å²) in [4.78, 5) is 28.3. The zero-order chi connectivity index (χ0) is 23.0. The van der Waals surface area contributed by atoms with Crippen LogP contribution in [-0.2, 0) is 4.74 Å². The summed E-state index contributed by atoms with van der Waals surface area (Å²) in [7, 11) is 1.57. The lowest BCUT2D eigenvalue weighted by Crippen LogP contribution is -2.36. The first-order valence-corrected chi connectivity index (χ1v) is 11.5. The van der Waals surface area contributed by atoms with E-state index in [2.05, 4.69) is 10.2 Å². The highest BCUT2D eigenvalue weighted by atomic mass is 16.5. The van der Waals surface area contributed by atoms with Crippen molar-refractivity contribution in [2.24, 2.45) is 0 Å². The third-order valence-corrected chi connectivity index (χ3v) is 6.02. The molecule has 1 heterocycles. The topological polar surface area (TPSA) is 67.9 Å². The van der Waals surface area contributed by atoms with Crippen molar-refractivity contribution in [3.63, 3.8) is 0 Å². The lowest BCUT2D eigenvalue weighted by atomic mass is 10.0. The van der Waals surface area contributed by atoms with Crippen molar-refractivity contribution >= 4 is 28.2 Å². The van der Waals surface area contributed by atoms with Gasteiger partial charge in [-0.15, -0.1) is 0 Å². The van der Waals surface area contributed by atoms with Gasteiger partial charge in [0.2, 0.25) is 0 Å². The van der Waals surface area contributed by atoms with E-state index in [0.717, 1.165) is 56.5 Å². The van der Waals surface area contributed by atoms with E-state index >= 15 is 0 Å². The van der Waals surface area contributed by atoms with Crippen LogP contribution in [0.25, 0.3) is 10.8 Å². The molecule has 172 valence electrons. The van der Waals surface area contributed by atoms with E-state index in [1.807, 2.05) is 36.4 Å². The largest absolute Gasteiger partial charge is 0.497 e. The molecule has 0 spiro atoms. The molecule has 1 N–H and O–H groups in total. The fraction of sp³-hybridized carbons (Fsp3) is 0.333. The Kier molecular flexibility index (Phi) is 7.70. The number of nitrogens with zero attached hydrogens (tertiary/aromatic N) is 1. The monoisotopic (exact) mass is 446 g/mol. The standard InChI is InChI=1S/C27H30N2O4/c1-32-23-11-12-24(26(30)8-4-5-13-29-14-16-33-17-15-29)25(19-23)28-27(31)22-10-9-20-6-2-3-7-21(20)18-22/h2-3,6-7,9-12,18-19H,4-5,8,13-17H2,1H3,(H,28,31). The molecule has 0 radical (unpaired) electrons. The van der Waals surface area contributed by atoms with E-state index in [9.17, 15) is 9.59 Å². The minimum Gasteiger partial charge on any atom is -0.497 e. The molecule has 3 aromatic carbocycles. The summed E-state index contributed by atoms with van der Waals surface area (Å²) >= 11 is 0. The predicted octanol–water partition coefficient (Wildman–Crippen LogP) is 4.79. The number of fused-ring (bicyclic) bond motifs is 1. The first-order chi connectivity index (χ1) is 16.1. The van der Waals surface area contributed by atoms with Crippen LogP contribution in [0, 0.1) is 0 Å². The quantitative estimate of drug-likeness (QED) is 0.378. The van der Waals surface area contributed by atoms with Crippen LogP contribution >= 0.6 is 0 Å². The first-order valence-electron chi connectivity index (χ1n) is 11.5. The zero-order valence-corrected chi connectivity index (χ0v) is 19.0. The number of hydrogen-bond donors (Lipinski definition) is 1. The molecular formula is C27H30N2O4. The normalized spacial score (nSPS) is 14.2. The second-order valence-electron chi connectivity index (χ2n) is 8.26. The number of methoxy groups -OCH3 is 1. The molecule has 4 rings (SSSR count). The van der Waals surface area contributed by atoms with Crippen molar-refractivity contribution in [3.05, 3.63) is 71.8 Å². The molecule has 1 aliphatic heterocycles. The van der Waals surface area contributed by atoms with E-state index in [0.29, 0.717) is 29.0 Å². The molecule has 1 fully saturated rings. The number of anilines is 1. The summed E-state index contributed by atoms with van der Waals surface area (Å²) in [6.45, 7) is 4.45. The van der Waals surface area contributed by atoms with Gasteiger partial charge in [-0.1, -0.05) is 30.3 Å². The minimum atomic E-state index is -0.254. The van der Waals surface area contributed by atoms with Gasteiger partial charge in [0, 0.05) is 36.7 Å². The number of ether oxygens (including phenoxy) is 2. The van der Waals surface area contributed by atoms with Crippen LogP contribution in [0.2, 0.25) is 0 Å². The van der Waals surface area contributed by atoms with Crippen LogP contribution in [0.15, 0.2) is 60.7 Å². The number of benzene rings is 3. The van der Waals surface area contributed by atoms with Crippen LogP contribution < -0.4 is 10.1 Å². The van der Waals surface area contributed by atoms with Crippen molar-refractivity contribution in [3.8, 4) is 5.75 Å². The van der Waals surface area contributed by atoms with E-state index in [1.54, 1.807) is 31.4 Å². The van der Waals surface area contributed by atoms with Crippen molar-refractivity contribution in [2.75, 3.05) is 45.3 Å². The van der Waals surface area contributed by atoms with Gasteiger partial charge < -0.3 is 14.8 Å². The van der Waals surface area contributed by atoms with Gasteiger partial charge in [0.1, 0.15) is 5.75 Å². The molecule has 33 heavy (non-hydrogen) atoms. The number of morpholine rings is 1. The molecule has 0 aliphatic carbocycles. The fourth-order valence-corrected chi connectivity index (χ4v) is 4.10. The second-order valence-corrected chi connectivity index (χ2v) is 8.26. The molecule has 0 saturated carbocycles. The Balaban J connectivity index is 1.43. The molecule has 6 heteroatoms. The lowest BCUT2D eigenvalue weighted by Gasteiger charge is -2.26. The van der Waals surface area contributed by atoms with Crippen LogP contribution in [0.1, 0.15) is 40.0 Å². The zero-order valence-electron chi connectivity index (χ0n) is 19.0. The number of nitrogens with one attached hydrogen (secondary N) is 1. The molecule has 1 amide bonds. The summed E-state index contributed by atoms with van der Waals surface area (Å²) in [5.41, 5.74) is 1.53. The molecule has 6 nitrogen and oxygen atoms in total. The number of carbonyl (C=O) groups is 2. The summed E-state index contributed by atoms with van der Waals surface area (Å²) < 4.78 is 10.7. The maximum Gasteiger partial charge on any atom is 0.255 e. The minimum absolute atomic E-state index is 0.0217. The highest BCUT2D eigenvalue weighted by Gasteiger charge is 2.16. The van der Waals surface area contributed by atoms with Crippen LogP contribution in [-0.4, -0.2) is 56.5 Å². The number of hydrogen-bond acceptors (Lipinski definition) is 5. The number of Topliss-reactive ketones (excluding diaryl/α,β-unsaturated/α-hetero) is 1. The van der Waals surface area contributed by atoms with Gasteiger partial charge in [0.25, 0.3) is 5.91 Å². The van der Waals surface area contributed by atoms with Crippen LogP contribution in [0.4, 0.5) is 5.69 Å².